The minimum Gasteiger partial charge on any atom is -0.481 e. The Bertz CT molecular complexity index is 675. The first-order valence-electron chi connectivity index (χ1n) is 8.19. The van der Waals surface area contributed by atoms with Crippen LogP contribution in [0.25, 0.3) is 0 Å². The Balaban J connectivity index is 2.05. The van der Waals surface area contributed by atoms with Crippen molar-refractivity contribution in [2.75, 3.05) is 13.2 Å². The molecule has 2 N–H and O–H groups in total. The standard InChI is InChI=1S/C18H24FNO5/c1-5-24-14-9-18(16(22)23,17(14,3)4)20-15(21)10-25-13-8-11(2)6-7-12(13)19/h6-8,14H,5,9-10H2,1-4H3,(H,20,21)(H,22,23). The van der Waals surface area contributed by atoms with E-state index in [0.29, 0.717) is 6.61 Å². The molecule has 0 aliphatic heterocycles. The number of carboxylic acid groups (broad SMARTS) is 1. The molecule has 1 saturated carbocycles. The number of nitrogens with one attached hydrogen (secondary N) is 1. The van der Waals surface area contributed by atoms with Crippen molar-refractivity contribution in [2.45, 2.75) is 45.8 Å². The van der Waals surface area contributed by atoms with Crippen LogP contribution in [0.4, 0.5) is 4.39 Å². The molecule has 25 heavy (non-hydrogen) atoms. The van der Waals surface area contributed by atoms with Crippen molar-refractivity contribution in [3.05, 3.63) is 29.6 Å². The van der Waals surface area contributed by atoms with Crippen LogP contribution in [0, 0.1) is 18.2 Å². The second-order valence-corrected chi connectivity index (χ2v) is 6.85. The number of rotatable bonds is 7. The van der Waals surface area contributed by atoms with Gasteiger partial charge in [0.05, 0.1) is 6.10 Å². The number of carboxylic acids is 1. The highest BCUT2D eigenvalue weighted by molar-refractivity contribution is 5.90. The maximum absolute atomic E-state index is 13.7. The van der Waals surface area contributed by atoms with E-state index in [2.05, 4.69) is 5.32 Å². The molecule has 6 nitrogen and oxygen atoms in total. The molecule has 1 aromatic rings. The molecule has 1 fully saturated rings. The summed E-state index contributed by atoms with van der Waals surface area (Å²) in [5.41, 5.74) is -1.42. The molecule has 0 aromatic heterocycles. The molecule has 7 heteroatoms. The number of benzene rings is 1. The SMILES string of the molecule is CCOC1CC(NC(=O)COc2cc(C)ccc2F)(C(=O)O)C1(C)C. The van der Waals surface area contributed by atoms with Crippen LogP contribution < -0.4 is 10.1 Å². The molecule has 0 saturated heterocycles. The van der Waals surface area contributed by atoms with Crippen LogP contribution in [-0.2, 0) is 14.3 Å². The second-order valence-electron chi connectivity index (χ2n) is 6.85. The molecule has 0 heterocycles. The lowest BCUT2D eigenvalue weighted by Gasteiger charge is -2.58. The smallest absolute Gasteiger partial charge is 0.330 e. The molecule has 1 aliphatic carbocycles. The maximum atomic E-state index is 13.7. The van der Waals surface area contributed by atoms with Crippen LogP contribution in [-0.4, -0.2) is 41.8 Å². The summed E-state index contributed by atoms with van der Waals surface area (Å²) in [5.74, 6) is -2.36. The van der Waals surface area contributed by atoms with E-state index in [1.165, 1.54) is 12.1 Å². The lowest BCUT2D eigenvalue weighted by atomic mass is 9.54. The van der Waals surface area contributed by atoms with Crippen molar-refractivity contribution in [3.8, 4) is 5.75 Å². The van der Waals surface area contributed by atoms with E-state index < -0.39 is 35.3 Å². The highest BCUT2D eigenvalue weighted by atomic mass is 19.1. The highest BCUT2D eigenvalue weighted by Gasteiger charge is 2.66. The zero-order valence-corrected chi connectivity index (χ0v) is 14.9. The fourth-order valence-corrected chi connectivity index (χ4v) is 3.18. The van der Waals surface area contributed by atoms with Gasteiger partial charge in [-0.05, 0) is 31.5 Å². The van der Waals surface area contributed by atoms with Crippen LogP contribution in [0.15, 0.2) is 18.2 Å². The Morgan fingerprint density at radius 1 is 1.40 bits per heavy atom. The molecule has 1 aromatic carbocycles. The third-order valence-electron chi connectivity index (χ3n) is 4.93. The van der Waals surface area contributed by atoms with Gasteiger partial charge < -0.3 is 19.9 Å². The molecule has 0 spiro atoms. The molecule has 1 amide bonds. The van der Waals surface area contributed by atoms with Gasteiger partial charge in [0.1, 0.15) is 5.54 Å². The van der Waals surface area contributed by atoms with Crippen LogP contribution in [0.2, 0.25) is 0 Å². The van der Waals surface area contributed by atoms with E-state index in [0.717, 1.165) is 5.56 Å². The molecular formula is C18H24FNO5. The number of amides is 1. The summed E-state index contributed by atoms with van der Waals surface area (Å²) in [6.07, 6.45) is -0.0858. The van der Waals surface area contributed by atoms with Gasteiger partial charge in [0, 0.05) is 18.4 Å². The van der Waals surface area contributed by atoms with Crippen molar-refractivity contribution >= 4 is 11.9 Å². The number of carbonyl (C=O) groups is 2. The summed E-state index contributed by atoms with van der Waals surface area (Å²) in [6, 6.07) is 4.32. The van der Waals surface area contributed by atoms with Gasteiger partial charge in [-0.3, -0.25) is 4.79 Å². The van der Waals surface area contributed by atoms with Gasteiger partial charge in [0.2, 0.25) is 0 Å². The quantitative estimate of drug-likeness (QED) is 0.786. The normalized spacial score (nSPS) is 24.3. The van der Waals surface area contributed by atoms with Gasteiger partial charge in [-0.1, -0.05) is 19.9 Å². The number of ether oxygens (including phenoxy) is 2. The van der Waals surface area contributed by atoms with E-state index in [1.54, 1.807) is 26.8 Å². The number of aryl methyl sites for hydroxylation is 1. The number of hydrogen-bond donors (Lipinski definition) is 2. The van der Waals surface area contributed by atoms with E-state index >= 15 is 0 Å². The Morgan fingerprint density at radius 3 is 2.64 bits per heavy atom. The minimum absolute atomic E-state index is 0.0420. The summed E-state index contributed by atoms with van der Waals surface area (Å²) in [5, 5.41) is 12.2. The van der Waals surface area contributed by atoms with Crippen molar-refractivity contribution < 1.29 is 28.6 Å². The molecule has 0 bridgehead atoms. The first kappa shape index (κ1) is 19.2. The van der Waals surface area contributed by atoms with Gasteiger partial charge in [-0.15, -0.1) is 0 Å². The minimum atomic E-state index is -1.43. The molecule has 138 valence electrons. The van der Waals surface area contributed by atoms with E-state index in [4.69, 9.17) is 9.47 Å². The van der Waals surface area contributed by atoms with Crippen molar-refractivity contribution in [1.29, 1.82) is 0 Å². The molecule has 1 aliphatic rings. The van der Waals surface area contributed by atoms with E-state index in [9.17, 15) is 19.1 Å². The predicted octanol–water partition coefficient (Wildman–Crippen LogP) is 2.29. The van der Waals surface area contributed by atoms with Gasteiger partial charge in [-0.2, -0.15) is 0 Å². The topological polar surface area (TPSA) is 84.9 Å². The Kier molecular flexibility index (Phi) is 5.37. The number of carbonyl (C=O) groups excluding carboxylic acids is 1. The predicted molar refractivity (Wildman–Crippen MR) is 89.0 cm³/mol. The fourth-order valence-electron chi connectivity index (χ4n) is 3.18. The lowest BCUT2D eigenvalue weighted by molar-refractivity contribution is -0.194. The molecule has 2 unspecified atom stereocenters. The fraction of sp³-hybridized carbons (Fsp3) is 0.556. The molecule has 2 atom stereocenters. The zero-order chi connectivity index (χ0) is 18.8. The van der Waals surface area contributed by atoms with Gasteiger partial charge in [0.15, 0.2) is 18.2 Å². The Morgan fingerprint density at radius 2 is 2.08 bits per heavy atom. The van der Waals surface area contributed by atoms with Crippen LogP contribution in [0.5, 0.6) is 5.75 Å². The largest absolute Gasteiger partial charge is 0.481 e. The average molecular weight is 353 g/mol. The molecular weight excluding hydrogens is 329 g/mol. The second kappa shape index (κ2) is 7.00. The average Bonchev–Trinajstić information content (AvgIpc) is 2.54. The zero-order valence-electron chi connectivity index (χ0n) is 14.9. The first-order chi connectivity index (χ1) is 11.6. The summed E-state index contributed by atoms with van der Waals surface area (Å²) in [4.78, 5) is 24.0. The van der Waals surface area contributed by atoms with Crippen molar-refractivity contribution in [2.24, 2.45) is 5.41 Å². The van der Waals surface area contributed by atoms with Gasteiger partial charge in [0.25, 0.3) is 5.91 Å². The van der Waals surface area contributed by atoms with Crippen LogP contribution >= 0.6 is 0 Å². The lowest BCUT2D eigenvalue weighted by Crippen LogP contribution is -2.76. The number of aliphatic carboxylic acids is 1. The van der Waals surface area contributed by atoms with E-state index in [-0.39, 0.29) is 18.3 Å². The Hall–Kier alpha value is -2.15. The maximum Gasteiger partial charge on any atom is 0.330 e. The third-order valence-corrected chi connectivity index (χ3v) is 4.93. The molecule has 2 rings (SSSR count). The third kappa shape index (κ3) is 3.46. The van der Waals surface area contributed by atoms with Crippen molar-refractivity contribution in [3.63, 3.8) is 0 Å². The monoisotopic (exact) mass is 353 g/mol. The summed E-state index contributed by atoms with van der Waals surface area (Å²) >= 11 is 0. The van der Waals surface area contributed by atoms with Crippen molar-refractivity contribution in [1.82, 2.24) is 5.32 Å². The number of hydrogen-bond acceptors (Lipinski definition) is 4. The van der Waals surface area contributed by atoms with Crippen LogP contribution in [0.1, 0.15) is 32.8 Å². The molecule has 0 radical (unpaired) electrons. The van der Waals surface area contributed by atoms with Crippen LogP contribution in [0.3, 0.4) is 0 Å². The Labute approximate surface area is 146 Å². The summed E-state index contributed by atoms with van der Waals surface area (Å²) in [7, 11) is 0. The summed E-state index contributed by atoms with van der Waals surface area (Å²) < 4.78 is 24.4. The van der Waals surface area contributed by atoms with E-state index in [1.807, 2.05) is 6.92 Å². The van der Waals surface area contributed by atoms with Gasteiger partial charge >= 0.3 is 5.97 Å². The van der Waals surface area contributed by atoms with Gasteiger partial charge in [-0.25, -0.2) is 9.18 Å². The number of halogens is 1. The first-order valence-corrected chi connectivity index (χ1v) is 8.19. The summed E-state index contributed by atoms with van der Waals surface area (Å²) in [6.45, 7) is 7.09. The highest BCUT2D eigenvalue weighted by Crippen LogP contribution is 2.51.